The third-order valence-corrected chi connectivity index (χ3v) is 3.35. The number of hydrogen-bond donors (Lipinski definition) is 3. The van der Waals surface area contributed by atoms with Crippen molar-refractivity contribution in [3.8, 4) is 5.75 Å². The molecule has 0 fully saturated rings. The van der Waals surface area contributed by atoms with Crippen molar-refractivity contribution in [1.82, 2.24) is 5.32 Å². The van der Waals surface area contributed by atoms with Gasteiger partial charge < -0.3 is 25.6 Å². The number of benzene rings is 1. The lowest BCUT2D eigenvalue weighted by Crippen LogP contribution is -2.37. The largest absolute Gasteiger partial charge is 0.497 e. The molecule has 130 valence electrons. The van der Waals surface area contributed by atoms with Crippen LogP contribution in [0.25, 0.3) is 0 Å². The Hall–Kier alpha value is -1.79. The third-order valence-electron chi connectivity index (χ3n) is 3.35. The fourth-order valence-corrected chi connectivity index (χ4v) is 2.15. The Balaban J connectivity index is 2.51. The molecule has 0 saturated carbocycles. The highest BCUT2D eigenvalue weighted by molar-refractivity contribution is 5.67. The number of carbonyl (C=O) groups excluding carboxylic acids is 1. The molecule has 1 aromatic rings. The normalized spacial score (nSPS) is 14.0. The smallest absolute Gasteiger partial charge is 0.407 e. The molecule has 6 nitrogen and oxygen atoms in total. The quantitative estimate of drug-likeness (QED) is 0.746. The van der Waals surface area contributed by atoms with Crippen LogP contribution in [0.5, 0.6) is 5.75 Å². The summed E-state index contributed by atoms with van der Waals surface area (Å²) in [7, 11) is 1.60. The van der Waals surface area contributed by atoms with Crippen molar-refractivity contribution < 1.29 is 19.4 Å². The molecule has 0 bridgehead atoms. The summed E-state index contributed by atoms with van der Waals surface area (Å²) in [5.74, 6) is 0.735. The van der Waals surface area contributed by atoms with E-state index in [0.717, 1.165) is 16.9 Å². The predicted octanol–water partition coefficient (Wildman–Crippen LogP) is 2.28. The van der Waals surface area contributed by atoms with E-state index in [9.17, 15) is 9.90 Å². The standard InChI is InChI=1S/C17H28N2O4/c1-11-10-12(22-5)6-7-13(11)15(20)14(18)8-9-19-16(21)23-17(2,3)4/h6-7,10,14-15,20H,8-9,18H2,1-5H3,(H,19,21). The number of methoxy groups -OCH3 is 1. The minimum absolute atomic E-state index is 0.336. The Bertz CT molecular complexity index is 526. The summed E-state index contributed by atoms with van der Waals surface area (Å²) in [6.07, 6.45) is -0.854. The fourth-order valence-electron chi connectivity index (χ4n) is 2.15. The summed E-state index contributed by atoms with van der Waals surface area (Å²) >= 11 is 0. The first kappa shape index (κ1) is 19.3. The highest BCUT2D eigenvalue weighted by Gasteiger charge is 2.20. The maximum Gasteiger partial charge on any atom is 0.407 e. The van der Waals surface area contributed by atoms with Gasteiger partial charge in [0, 0.05) is 12.6 Å². The first-order valence-electron chi connectivity index (χ1n) is 7.69. The Labute approximate surface area is 138 Å². The lowest BCUT2D eigenvalue weighted by atomic mass is 9.96. The Kier molecular flexibility index (Phi) is 6.84. The van der Waals surface area contributed by atoms with Gasteiger partial charge in [0.05, 0.1) is 13.2 Å². The number of nitrogens with one attached hydrogen (secondary N) is 1. The zero-order chi connectivity index (χ0) is 17.6. The van der Waals surface area contributed by atoms with Crippen LogP contribution >= 0.6 is 0 Å². The van der Waals surface area contributed by atoms with Crippen molar-refractivity contribution in [3.63, 3.8) is 0 Å². The van der Waals surface area contributed by atoms with E-state index in [1.54, 1.807) is 40.0 Å². The van der Waals surface area contributed by atoms with E-state index in [4.69, 9.17) is 15.2 Å². The van der Waals surface area contributed by atoms with Crippen LogP contribution in [0, 0.1) is 6.92 Å². The second-order valence-corrected chi connectivity index (χ2v) is 6.55. The van der Waals surface area contributed by atoms with Gasteiger partial charge >= 0.3 is 6.09 Å². The molecular weight excluding hydrogens is 296 g/mol. The van der Waals surface area contributed by atoms with E-state index in [1.807, 2.05) is 13.0 Å². The number of carbonyl (C=O) groups is 1. The minimum Gasteiger partial charge on any atom is -0.497 e. The van der Waals surface area contributed by atoms with Crippen molar-refractivity contribution in [2.24, 2.45) is 5.73 Å². The molecule has 0 aromatic heterocycles. The van der Waals surface area contributed by atoms with Gasteiger partial charge in [0.2, 0.25) is 0 Å². The zero-order valence-corrected chi connectivity index (χ0v) is 14.6. The number of hydrogen-bond acceptors (Lipinski definition) is 5. The zero-order valence-electron chi connectivity index (χ0n) is 14.6. The van der Waals surface area contributed by atoms with Crippen LogP contribution in [0.2, 0.25) is 0 Å². The van der Waals surface area contributed by atoms with Crippen molar-refractivity contribution >= 4 is 6.09 Å². The third kappa shape index (κ3) is 6.46. The predicted molar refractivity (Wildman–Crippen MR) is 89.5 cm³/mol. The Morgan fingerprint density at radius 1 is 1.39 bits per heavy atom. The lowest BCUT2D eigenvalue weighted by molar-refractivity contribution is 0.0521. The number of rotatable bonds is 6. The van der Waals surface area contributed by atoms with Gasteiger partial charge in [0.25, 0.3) is 0 Å². The second kappa shape index (κ2) is 8.17. The van der Waals surface area contributed by atoms with Crippen molar-refractivity contribution in [3.05, 3.63) is 29.3 Å². The summed E-state index contributed by atoms with van der Waals surface area (Å²) in [6.45, 7) is 7.63. The van der Waals surface area contributed by atoms with Gasteiger partial charge in [-0.2, -0.15) is 0 Å². The molecule has 0 saturated heterocycles. The van der Waals surface area contributed by atoms with Crippen LogP contribution in [-0.2, 0) is 4.74 Å². The van der Waals surface area contributed by atoms with Crippen molar-refractivity contribution in [2.45, 2.75) is 51.9 Å². The maximum absolute atomic E-state index is 11.6. The highest BCUT2D eigenvalue weighted by atomic mass is 16.6. The van der Waals surface area contributed by atoms with Crippen LogP contribution in [0.15, 0.2) is 18.2 Å². The van der Waals surface area contributed by atoms with E-state index < -0.39 is 23.8 Å². The van der Waals surface area contributed by atoms with Gasteiger partial charge in [-0.25, -0.2) is 4.79 Å². The minimum atomic E-state index is -0.804. The van der Waals surface area contributed by atoms with Gasteiger partial charge in [-0.05, 0) is 57.4 Å². The van der Waals surface area contributed by atoms with E-state index in [2.05, 4.69) is 5.32 Å². The summed E-state index contributed by atoms with van der Waals surface area (Å²) < 4.78 is 10.3. The van der Waals surface area contributed by atoms with Gasteiger partial charge in [-0.1, -0.05) is 6.07 Å². The molecule has 1 rings (SSSR count). The molecule has 0 heterocycles. The monoisotopic (exact) mass is 324 g/mol. The Morgan fingerprint density at radius 3 is 2.57 bits per heavy atom. The first-order valence-corrected chi connectivity index (χ1v) is 7.69. The molecule has 4 N–H and O–H groups in total. The highest BCUT2D eigenvalue weighted by Crippen LogP contribution is 2.24. The number of aliphatic hydroxyl groups excluding tert-OH is 1. The number of alkyl carbamates (subject to hydrolysis) is 1. The molecular formula is C17H28N2O4. The SMILES string of the molecule is COc1ccc(C(O)C(N)CCNC(=O)OC(C)(C)C)c(C)c1. The lowest BCUT2D eigenvalue weighted by Gasteiger charge is -2.22. The van der Waals surface area contributed by atoms with Crippen LogP contribution in [0.1, 0.15) is 44.4 Å². The topological polar surface area (TPSA) is 93.8 Å². The van der Waals surface area contributed by atoms with E-state index in [1.165, 1.54) is 0 Å². The summed E-state index contributed by atoms with van der Waals surface area (Å²) in [6, 6.07) is 4.96. The van der Waals surface area contributed by atoms with Crippen LogP contribution in [0.3, 0.4) is 0 Å². The van der Waals surface area contributed by atoms with Crippen LogP contribution in [0.4, 0.5) is 4.79 Å². The van der Waals surface area contributed by atoms with Crippen LogP contribution in [-0.4, -0.2) is 36.5 Å². The molecule has 1 amide bonds. The first-order chi connectivity index (χ1) is 10.6. The van der Waals surface area contributed by atoms with Gasteiger partial charge in [-0.15, -0.1) is 0 Å². The average molecular weight is 324 g/mol. The number of nitrogens with two attached hydrogens (primary N) is 1. The summed E-state index contributed by atoms with van der Waals surface area (Å²) in [5, 5.41) is 13.0. The van der Waals surface area contributed by atoms with Gasteiger partial charge in [0.15, 0.2) is 0 Å². The van der Waals surface area contributed by atoms with Crippen LogP contribution < -0.4 is 15.8 Å². The molecule has 0 spiro atoms. The number of ether oxygens (including phenoxy) is 2. The van der Waals surface area contributed by atoms with E-state index in [0.29, 0.717) is 13.0 Å². The molecule has 2 atom stereocenters. The molecule has 0 aliphatic rings. The van der Waals surface area contributed by atoms with Crippen molar-refractivity contribution in [2.75, 3.05) is 13.7 Å². The van der Waals surface area contributed by atoms with Crippen molar-refractivity contribution in [1.29, 1.82) is 0 Å². The Morgan fingerprint density at radius 2 is 2.04 bits per heavy atom. The number of aliphatic hydroxyl groups is 1. The molecule has 23 heavy (non-hydrogen) atoms. The summed E-state index contributed by atoms with van der Waals surface area (Å²) in [4.78, 5) is 11.6. The summed E-state index contributed by atoms with van der Waals surface area (Å²) in [5.41, 5.74) is 7.16. The number of amides is 1. The fraction of sp³-hybridized carbons (Fsp3) is 0.588. The molecule has 2 unspecified atom stereocenters. The molecule has 1 aromatic carbocycles. The number of aryl methyl sites for hydroxylation is 1. The van der Waals surface area contributed by atoms with E-state index >= 15 is 0 Å². The average Bonchev–Trinajstić information content (AvgIpc) is 2.44. The molecule has 0 radical (unpaired) electrons. The van der Waals surface area contributed by atoms with E-state index in [-0.39, 0.29) is 0 Å². The molecule has 0 aliphatic heterocycles. The van der Waals surface area contributed by atoms with Gasteiger partial charge in [0.1, 0.15) is 11.4 Å². The maximum atomic E-state index is 11.6. The molecule has 0 aliphatic carbocycles. The second-order valence-electron chi connectivity index (χ2n) is 6.55. The molecule has 6 heteroatoms. The van der Waals surface area contributed by atoms with Gasteiger partial charge in [-0.3, -0.25) is 0 Å².